The minimum atomic E-state index is -0.138. The van der Waals surface area contributed by atoms with Gasteiger partial charge in [0.25, 0.3) is 0 Å². The average molecular weight is 350 g/mol. The van der Waals surface area contributed by atoms with Crippen molar-refractivity contribution in [2.75, 3.05) is 31.1 Å². The van der Waals surface area contributed by atoms with Crippen LogP contribution in [0.3, 0.4) is 0 Å². The third-order valence-corrected chi connectivity index (χ3v) is 4.51. The van der Waals surface area contributed by atoms with E-state index in [-0.39, 0.29) is 17.9 Å². The van der Waals surface area contributed by atoms with Gasteiger partial charge >= 0.3 is 0 Å². The van der Waals surface area contributed by atoms with Gasteiger partial charge in [-0.2, -0.15) is 5.10 Å². The van der Waals surface area contributed by atoms with Gasteiger partial charge in [0.2, 0.25) is 17.3 Å². The third-order valence-electron chi connectivity index (χ3n) is 4.51. The van der Waals surface area contributed by atoms with Crippen LogP contribution in [0, 0.1) is 0 Å². The van der Waals surface area contributed by atoms with Crippen molar-refractivity contribution < 1.29 is 4.79 Å². The fourth-order valence-corrected chi connectivity index (χ4v) is 3.13. The van der Waals surface area contributed by atoms with Gasteiger partial charge in [-0.15, -0.1) is 0 Å². The molecule has 2 aromatic heterocycles. The summed E-state index contributed by atoms with van der Waals surface area (Å²) in [5, 5.41) is 4.70. The Balaban J connectivity index is 1.45. The molecule has 0 bridgehead atoms. The highest BCUT2D eigenvalue weighted by Gasteiger charge is 2.23. The lowest BCUT2D eigenvalue weighted by atomic mass is 10.2. The molecule has 132 valence electrons. The maximum atomic E-state index is 12.7. The van der Waals surface area contributed by atoms with Crippen molar-refractivity contribution in [2.24, 2.45) is 0 Å². The van der Waals surface area contributed by atoms with Crippen LogP contribution in [0.5, 0.6) is 0 Å². The Morgan fingerprint density at radius 3 is 2.50 bits per heavy atom. The molecule has 0 N–H and O–H groups in total. The molecular weight excluding hydrogens is 332 g/mol. The van der Waals surface area contributed by atoms with Crippen LogP contribution in [0.1, 0.15) is 0 Å². The first kappa shape index (κ1) is 16.2. The zero-order valence-corrected chi connectivity index (χ0v) is 14.2. The Hall–Kier alpha value is -3.29. The second-order valence-electron chi connectivity index (χ2n) is 6.10. The zero-order chi connectivity index (χ0) is 17.9. The fourth-order valence-electron chi connectivity index (χ4n) is 3.13. The zero-order valence-electron chi connectivity index (χ0n) is 14.2. The summed E-state index contributed by atoms with van der Waals surface area (Å²) in [6.07, 6.45) is 4.69. The molecule has 1 fully saturated rings. The van der Waals surface area contributed by atoms with E-state index in [0.717, 1.165) is 0 Å². The topological polar surface area (TPSA) is 84.2 Å². The monoisotopic (exact) mass is 350 g/mol. The highest BCUT2D eigenvalue weighted by atomic mass is 16.2. The number of fused-ring (bicyclic) bond motifs is 1. The van der Waals surface area contributed by atoms with E-state index in [0.29, 0.717) is 43.0 Å². The molecule has 3 aromatic rings. The van der Waals surface area contributed by atoms with Crippen molar-refractivity contribution in [3.05, 3.63) is 59.1 Å². The van der Waals surface area contributed by atoms with Gasteiger partial charge in [0, 0.05) is 44.0 Å². The van der Waals surface area contributed by atoms with Crippen LogP contribution in [0.2, 0.25) is 0 Å². The predicted octanol–water partition coefficient (Wildman–Crippen LogP) is 0.535. The first-order valence-electron chi connectivity index (χ1n) is 8.47. The van der Waals surface area contributed by atoms with Crippen LogP contribution in [-0.2, 0) is 11.3 Å². The molecule has 1 aromatic carbocycles. The number of para-hydroxylation sites is 1. The summed E-state index contributed by atoms with van der Waals surface area (Å²) < 4.78 is 1.59. The number of piperazine rings is 1. The largest absolute Gasteiger partial charge is 0.338 e. The summed E-state index contributed by atoms with van der Waals surface area (Å²) in [5.41, 5.74) is 0.533. The molecule has 4 rings (SSSR count). The minimum Gasteiger partial charge on any atom is -0.338 e. The van der Waals surface area contributed by atoms with Gasteiger partial charge in [-0.3, -0.25) is 14.3 Å². The number of carbonyl (C=O) groups is 1. The molecule has 0 saturated carbocycles. The van der Waals surface area contributed by atoms with Crippen molar-refractivity contribution in [3.8, 4) is 0 Å². The van der Waals surface area contributed by atoms with Crippen LogP contribution >= 0.6 is 0 Å². The molecule has 0 aliphatic carbocycles. The molecule has 1 amide bonds. The van der Waals surface area contributed by atoms with Crippen LogP contribution in [0.15, 0.2) is 53.7 Å². The maximum absolute atomic E-state index is 12.7. The second-order valence-corrected chi connectivity index (χ2v) is 6.10. The standard InChI is InChI=1S/C18H18N6O2/c25-16-12-21-24(15-5-2-1-4-14(15)16)13-17(26)22-8-10-23(11-9-22)18-19-6-3-7-20-18/h1-7,12H,8-11,13H2. The van der Waals surface area contributed by atoms with E-state index in [2.05, 4.69) is 20.0 Å². The van der Waals surface area contributed by atoms with E-state index in [9.17, 15) is 9.59 Å². The third kappa shape index (κ3) is 3.13. The van der Waals surface area contributed by atoms with Gasteiger partial charge in [0.05, 0.1) is 11.7 Å². The molecule has 1 saturated heterocycles. The molecule has 0 spiro atoms. The van der Waals surface area contributed by atoms with Gasteiger partial charge in [0.15, 0.2) is 0 Å². The van der Waals surface area contributed by atoms with Gasteiger partial charge in [0.1, 0.15) is 6.54 Å². The van der Waals surface area contributed by atoms with Gasteiger partial charge in [-0.05, 0) is 18.2 Å². The lowest BCUT2D eigenvalue weighted by Gasteiger charge is -2.34. The molecule has 0 unspecified atom stereocenters. The van der Waals surface area contributed by atoms with Crippen molar-refractivity contribution in [3.63, 3.8) is 0 Å². The lowest BCUT2D eigenvalue weighted by molar-refractivity contribution is -0.132. The van der Waals surface area contributed by atoms with E-state index >= 15 is 0 Å². The number of benzene rings is 1. The summed E-state index contributed by atoms with van der Waals surface area (Å²) >= 11 is 0. The van der Waals surface area contributed by atoms with E-state index in [4.69, 9.17) is 0 Å². The molecule has 0 atom stereocenters. The van der Waals surface area contributed by atoms with Crippen LogP contribution in [0.25, 0.3) is 10.9 Å². The summed E-state index contributed by atoms with van der Waals surface area (Å²) in [6, 6.07) is 8.98. The molecule has 8 nitrogen and oxygen atoms in total. The molecular formula is C18H18N6O2. The number of carbonyl (C=O) groups excluding carboxylic acids is 1. The minimum absolute atomic E-state index is 0.0140. The summed E-state index contributed by atoms with van der Waals surface area (Å²) in [7, 11) is 0. The van der Waals surface area contributed by atoms with Crippen LogP contribution < -0.4 is 10.3 Å². The Morgan fingerprint density at radius 2 is 1.73 bits per heavy atom. The molecule has 8 heteroatoms. The highest BCUT2D eigenvalue weighted by Crippen LogP contribution is 2.12. The molecule has 3 heterocycles. The fraction of sp³-hybridized carbons (Fsp3) is 0.278. The van der Waals surface area contributed by atoms with E-state index < -0.39 is 0 Å². The first-order chi connectivity index (χ1) is 12.7. The Labute approximate surface area is 149 Å². The van der Waals surface area contributed by atoms with E-state index in [1.54, 1.807) is 35.3 Å². The quantitative estimate of drug-likeness (QED) is 0.685. The molecule has 26 heavy (non-hydrogen) atoms. The normalized spacial score (nSPS) is 14.6. The summed E-state index contributed by atoms with van der Waals surface area (Å²) in [4.78, 5) is 37.0. The van der Waals surface area contributed by atoms with Gasteiger partial charge < -0.3 is 9.80 Å². The van der Waals surface area contributed by atoms with E-state index in [1.807, 2.05) is 17.0 Å². The molecule has 0 radical (unpaired) electrons. The predicted molar refractivity (Wildman–Crippen MR) is 96.8 cm³/mol. The Bertz CT molecular complexity index is 980. The SMILES string of the molecule is O=C(Cn1ncc(=O)c2ccccc21)N1CCN(c2ncccn2)CC1. The number of hydrogen-bond acceptors (Lipinski definition) is 6. The number of hydrogen-bond donors (Lipinski definition) is 0. The number of rotatable bonds is 3. The summed E-state index contributed by atoms with van der Waals surface area (Å²) in [6.45, 7) is 2.70. The highest BCUT2D eigenvalue weighted by molar-refractivity contribution is 5.81. The number of anilines is 1. The second kappa shape index (κ2) is 6.91. The number of amides is 1. The van der Waals surface area contributed by atoms with Crippen molar-refractivity contribution in [1.29, 1.82) is 0 Å². The van der Waals surface area contributed by atoms with Crippen LogP contribution in [0.4, 0.5) is 5.95 Å². The average Bonchev–Trinajstić information content (AvgIpc) is 2.71. The van der Waals surface area contributed by atoms with Gasteiger partial charge in [-0.1, -0.05) is 12.1 Å². The Kier molecular flexibility index (Phi) is 4.30. The van der Waals surface area contributed by atoms with E-state index in [1.165, 1.54) is 6.20 Å². The van der Waals surface area contributed by atoms with Gasteiger partial charge in [-0.25, -0.2) is 9.97 Å². The Morgan fingerprint density at radius 1 is 1.00 bits per heavy atom. The number of aromatic nitrogens is 4. The molecule has 1 aliphatic rings. The van der Waals surface area contributed by atoms with Crippen LogP contribution in [-0.4, -0.2) is 56.7 Å². The van der Waals surface area contributed by atoms with Crippen molar-refractivity contribution in [2.45, 2.75) is 6.54 Å². The van der Waals surface area contributed by atoms with Crippen molar-refractivity contribution >= 4 is 22.8 Å². The maximum Gasteiger partial charge on any atom is 0.244 e. The molecule has 1 aliphatic heterocycles. The first-order valence-corrected chi connectivity index (χ1v) is 8.47. The number of nitrogens with zero attached hydrogens (tertiary/aromatic N) is 6. The summed E-state index contributed by atoms with van der Waals surface area (Å²) in [5.74, 6) is 0.674. The smallest absolute Gasteiger partial charge is 0.244 e. The lowest BCUT2D eigenvalue weighted by Crippen LogP contribution is -2.50. The van der Waals surface area contributed by atoms with Crippen molar-refractivity contribution in [1.82, 2.24) is 24.6 Å².